The second-order valence-corrected chi connectivity index (χ2v) is 7.43. The van der Waals surface area contributed by atoms with Crippen molar-refractivity contribution in [3.05, 3.63) is 71.3 Å². The van der Waals surface area contributed by atoms with Crippen molar-refractivity contribution >= 4 is 6.09 Å². The summed E-state index contributed by atoms with van der Waals surface area (Å²) in [6.07, 6.45) is 1.70. The zero-order chi connectivity index (χ0) is 19.9. The van der Waals surface area contributed by atoms with Gasteiger partial charge in [-0.2, -0.15) is 0 Å². The largest absolute Gasteiger partial charge is 0.445 e. The first-order valence-corrected chi connectivity index (χ1v) is 9.97. The normalized spacial score (nSPS) is 21.0. The number of carbonyl (C=O) groups excluding carboxylic acids is 1. The van der Waals surface area contributed by atoms with Gasteiger partial charge in [0.25, 0.3) is 0 Å². The number of hydrogen-bond acceptors (Lipinski definition) is 4. The van der Waals surface area contributed by atoms with Gasteiger partial charge >= 0.3 is 6.09 Å². The molecule has 0 aromatic heterocycles. The number of aliphatic hydroxyl groups is 1. The highest BCUT2D eigenvalue weighted by atomic mass is 16.6. The summed E-state index contributed by atoms with van der Waals surface area (Å²) in [5.74, 6) is 0. The van der Waals surface area contributed by atoms with Crippen LogP contribution in [0, 0.1) is 0 Å². The number of ether oxygens (including phenoxy) is 1. The van der Waals surface area contributed by atoms with Gasteiger partial charge in [0.2, 0.25) is 0 Å². The maximum Gasteiger partial charge on any atom is 0.410 e. The van der Waals surface area contributed by atoms with Crippen molar-refractivity contribution in [2.75, 3.05) is 26.7 Å². The Morgan fingerprint density at radius 3 is 2.21 bits per heavy atom. The highest BCUT2D eigenvalue weighted by molar-refractivity contribution is 5.68. The Bertz CT molecular complexity index is 765. The van der Waals surface area contributed by atoms with Crippen LogP contribution in [0.3, 0.4) is 0 Å². The number of nitrogens with zero attached hydrogens (tertiary/aromatic N) is 2. The van der Waals surface area contributed by atoms with E-state index >= 15 is 0 Å². The lowest BCUT2D eigenvalue weighted by molar-refractivity contribution is 0.0229. The Labute approximate surface area is 167 Å². The molecule has 5 nitrogen and oxygen atoms in total. The van der Waals surface area contributed by atoms with Crippen molar-refractivity contribution in [2.45, 2.75) is 38.5 Å². The third-order valence-electron chi connectivity index (χ3n) is 5.44. The van der Waals surface area contributed by atoms with E-state index in [9.17, 15) is 4.79 Å². The minimum atomic E-state index is -0.189. The smallest absolute Gasteiger partial charge is 0.410 e. The van der Waals surface area contributed by atoms with Gasteiger partial charge in [-0.25, -0.2) is 4.79 Å². The zero-order valence-electron chi connectivity index (χ0n) is 16.8. The summed E-state index contributed by atoms with van der Waals surface area (Å²) in [6.45, 7) is 3.91. The van der Waals surface area contributed by atoms with Gasteiger partial charge in [0.15, 0.2) is 0 Å². The molecule has 3 aliphatic heterocycles. The molecular weight excluding hydrogens is 352 g/mol. The topological polar surface area (TPSA) is 53.0 Å². The first kappa shape index (κ1) is 20.4. The Balaban J connectivity index is 0.000000706. The van der Waals surface area contributed by atoms with Gasteiger partial charge in [0.1, 0.15) is 6.61 Å². The van der Waals surface area contributed by atoms with Gasteiger partial charge in [-0.05, 0) is 43.5 Å². The van der Waals surface area contributed by atoms with Crippen LogP contribution in [0.5, 0.6) is 0 Å². The maximum atomic E-state index is 12.7. The Morgan fingerprint density at radius 2 is 1.57 bits per heavy atom. The zero-order valence-corrected chi connectivity index (χ0v) is 16.8. The van der Waals surface area contributed by atoms with E-state index in [1.807, 2.05) is 35.2 Å². The van der Waals surface area contributed by atoms with E-state index in [2.05, 4.69) is 36.2 Å². The third kappa shape index (κ3) is 4.91. The number of rotatable bonds is 2. The molecule has 5 rings (SSSR count). The summed E-state index contributed by atoms with van der Waals surface area (Å²) in [5.41, 5.74) is 3.81. The molecule has 150 valence electrons. The van der Waals surface area contributed by atoms with Crippen LogP contribution in [-0.4, -0.2) is 59.8 Å². The molecule has 2 aromatic rings. The number of aliphatic hydroxyl groups excluding tert-OH is 1. The first-order chi connectivity index (χ1) is 13.6. The standard InChI is InChI=1S/C21H24N2O2.C2H6O/c1-22-13-20-12-18-10-6-5-9-17(18)11-19(22)14-23(20)21(24)25-15-16-7-3-2-4-8-16;1-2-3/h2-10,19-20H,11-15H2,1H3;3H,2H2,1H3. The minimum absolute atomic E-state index is 0.172. The summed E-state index contributed by atoms with van der Waals surface area (Å²) in [6, 6.07) is 19.0. The molecule has 2 aromatic carbocycles. The number of piperazine rings is 1. The number of fused-ring (bicyclic) bond motifs is 2. The molecule has 1 fully saturated rings. The highest BCUT2D eigenvalue weighted by Gasteiger charge is 2.38. The summed E-state index contributed by atoms with van der Waals surface area (Å²) >= 11 is 0. The van der Waals surface area contributed by atoms with Crippen LogP contribution in [-0.2, 0) is 24.2 Å². The molecule has 1 saturated heterocycles. The lowest BCUT2D eigenvalue weighted by Crippen LogP contribution is -2.61. The molecule has 0 spiro atoms. The van der Waals surface area contributed by atoms with Crippen molar-refractivity contribution in [2.24, 2.45) is 0 Å². The van der Waals surface area contributed by atoms with E-state index in [4.69, 9.17) is 9.84 Å². The van der Waals surface area contributed by atoms with Crippen LogP contribution in [0.2, 0.25) is 0 Å². The van der Waals surface area contributed by atoms with Crippen LogP contribution in [0.1, 0.15) is 23.6 Å². The van der Waals surface area contributed by atoms with E-state index in [1.54, 1.807) is 6.92 Å². The van der Waals surface area contributed by atoms with Gasteiger partial charge in [0.05, 0.1) is 6.04 Å². The van der Waals surface area contributed by atoms with E-state index in [1.165, 1.54) is 11.1 Å². The van der Waals surface area contributed by atoms with Gasteiger partial charge in [-0.15, -0.1) is 0 Å². The summed E-state index contributed by atoms with van der Waals surface area (Å²) in [5, 5.41) is 7.57. The van der Waals surface area contributed by atoms with Crippen molar-refractivity contribution < 1.29 is 14.6 Å². The second-order valence-electron chi connectivity index (χ2n) is 7.43. The average molecular weight is 383 g/mol. The monoisotopic (exact) mass is 382 g/mol. The number of amides is 1. The molecule has 2 unspecified atom stereocenters. The predicted octanol–water partition coefficient (Wildman–Crippen LogP) is 3.11. The summed E-state index contributed by atoms with van der Waals surface area (Å²) in [4.78, 5) is 17.1. The van der Waals surface area contributed by atoms with Gasteiger partial charge in [-0.1, -0.05) is 54.6 Å². The lowest BCUT2D eigenvalue weighted by atomic mass is 9.88. The fourth-order valence-electron chi connectivity index (χ4n) is 3.98. The van der Waals surface area contributed by atoms with Gasteiger partial charge in [0, 0.05) is 25.7 Å². The number of hydrogen-bond donors (Lipinski definition) is 1. The molecular formula is C23H30N2O3. The van der Waals surface area contributed by atoms with E-state index in [0.717, 1.165) is 31.5 Å². The first-order valence-electron chi connectivity index (χ1n) is 9.97. The lowest BCUT2D eigenvalue weighted by Gasteiger charge is -2.46. The molecule has 1 N–H and O–H groups in total. The summed E-state index contributed by atoms with van der Waals surface area (Å²) < 4.78 is 5.61. The van der Waals surface area contributed by atoms with E-state index < -0.39 is 0 Å². The van der Waals surface area contributed by atoms with Crippen LogP contribution in [0.4, 0.5) is 4.79 Å². The second kappa shape index (κ2) is 9.71. The predicted molar refractivity (Wildman–Crippen MR) is 110 cm³/mol. The molecule has 2 atom stereocenters. The van der Waals surface area contributed by atoms with Crippen molar-refractivity contribution in [3.8, 4) is 0 Å². The third-order valence-corrected chi connectivity index (χ3v) is 5.44. The molecule has 5 heteroatoms. The Kier molecular flexibility index (Phi) is 7.06. The van der Waals surface area contributed by atoms with Crippen LogP contribution < -0.4 is 0 Å². The van der Waals surface area contributed by atoms with Crippen LogP contribution >= 0.6 is 0 Å². The molecule has 0 radical (unpaired) electrons. The fourth-order valence-corrected chi connectivity index (χ4v) is 3.98. The molecule has 3 heterocycles. The van der Waals surface area contributed by atoms with Gasteiger partial charge < -0.3 is 14.7 Å². The average Bonchev–Trinajstić information content (AvgIpc) is 2.68. The minimum Gasteiger partial charge on any atom is -0.445 e. The molecule has 2 bridgehead atoms. The quantitative estimate of drug-likeness (QED) is 0.867. The molecule has 0 aliphatic carbocycles. The van der Waals surface area contributed by atoms with E-state index in [-0.39, 0.29) is 18.7 Å². The number of benzene rings is 2. The van der Waals surface area contributed by atoms with Crippen LogP contribution in [0.25, 0.3) is 0 Å². The molecule has 1 amide bonds. The number of likely N-dealkylation sites (N-methyl/N-ethyl adjacent to an activating group) is 1. The van der Waals surface area contributed by atoms with Crippen molar-refractivity contribution in [1.29, 1.82) is 0 Å². The maximum absolute atomic E-state index is 12.7. The molecule has 0 saturated carbocycles. The Morgan fingerprint density at radius 1 is 1.00 bits per heavy atom. The van der Waals surface area contributed by atoms with Crippen molar-refractivity contribution in [1.82, 2.24) is 9.80 Å². The SMILES string of the molecule is CCO.CN1CC2Cc3ccccc3CC1CN2C(=O)OCc1ccccc1. The van der Waals surface area contributed by atoms with Gasteiger partial charge in [-0.3, -0.25) is 4.90 Å². The highest BCUT2D eigenvalue weighted by Crippen LogP contribution is 2.27. The van der Waals surface area contributed by atoms with E-state index in [0.29, 0.717) is 12.6 Å². The Hall–Kier alpha value is -2.37. The fraction of sp³-hybridized carbons (Fsp3) is 0.435. The molecule has 3 aliphatic rings. The molecule has 28 heavy (non-hydrogen) atoms. The summed E-state index contributed by atoms with van der Waals surface area (Å²) in [7, 11) is 2.16. The number of carbonyl (C=O) groups is 1. The van der Waals surface area contributed by atoms with Crippen molar-refractivity contribution in [3.63, 3.8) is 0 Å². The van der Waals surface area contributed by atoms with Crippen LogP contribution in [0.15, 0.2) is 54.6 Å².